The quantitative estimate of drug-likeness (QED) is 0.226. The predicted octanol–water partition coefficient (Wildman–Crippen LogP) is 7.90. The average Bonchev–Trinajstić information content (AvgIpc) is 3.66. The Morgan fingerprint density at radius 3 is 2.57 bits per heavy atom. The lowest BCUT2D eigenvalue weighted by Gasteiger charge is -2.47. The fourth-order valence-corrected chi connectivity index (χ4v) is 11.8. The van der Waals surface area contributed by atoms with Crippen molar-refractivity contribution < 1.29 is 19.1 Å². The zero-order valence-electron chi connectivity index (χ0n) is 31.1. The summed E-state index contributed by atoms with van der Waals surface area (Å²) in [7, 11) is 0. The molecule has 2 aromatic rings. The van der Waals surface area contributed by atoms with Gasteiger partial charge in [-0.2, -0.15) is 0 Å². The van der Waals surface area contributed by atoms with Crippen LogP contribution in [-0.4, -0.2) is 59.8 Å². The number of nitrogens with one attached hydrogen (secondary N) is 1. The molecule has 8 rings (SSSR count). The molecule has 0 unspecified atom stereocenters. The highest BCUT2D eigenvalue weighted by Gasteiger charge is 2.61. The first-order valence-corrected chi connectivity index (χ1v) is 19.9. The number of ether oxygens (including phenoxy) is 1. The first-order valence-electron chi connectivity index (χ1n) is 19.9. The molecule has 1 amide bonds. The maximum absolute atomic E-state index is 13.0. The van der Waals surface area contributed by atoms with E-state index in [2.05, 4.69) is 44.0 Å². The summed E-state index contributed by atoms with van der Waals surface area (Å²) in [5.41, 5.74) is 7.05. The van der Waals surface area contributed by atoms with Crippen LogP contribution in [0.1, 0.15) is 107 Å². The smallest absolute Gasteiger partial charge is 0.220 e. The molecule has 2 saturated carbocycles. The third-order valence-corrected chi connectivity index (χ3v) is 14.6. The highest BCUT2D eigenvalue weighted by atomic mass is 16.5. The van der Waals surface area contributed by atoms with Gasteiger partial charge in [0.25, 0.3) is 0 Å². The Labute approximate surface area is 304 Å². The molecule has 51 heavy (non-hydrogen) atoms. The second-order valence-corrected chi connectivity index (χ2v) is 17.3. The van der Waals surface area contributed by atoms with Crippen LogP contribution in [0.15, 0.2) is 77.4 Å². The fourth-order valence-electron chi connectivity index (χ4n) is 11.8. The summed E-state index contributed by atoms with van der Waals surface area (Å²) < 4.78 is 7.32. The Kier molecular flexibility index (Phi) is 9.24. The van der Waals surface area contributed by atoms with E-state index in [1.54, 1.807) is 5.57 Å². The van der Waals surface area contributed by atoms with Crippen LogP contribution in [0.3, 0.4) is 0 Å². The van der Waals surface area contributed by atoms with Gasteiger partial charge in [-0.1, -0.05) is 92.6 Å². The minimum atomic E-state index is -0.193. The Morgan fingerprint density at radius 1 is 1.02 bits per heavy atom. The number of nitrogens with zero attached hydrogens (tertiary/aromatic N) is 1. The van der Waals surface area contributed by atoms with E-state index in [1.807, 2.05) is 54.6 Å². The molecule has 6 nitrogen and oxygen atoms in total. The number of likely N-dealkylation sites (tertiary alicyclic amines) is 1. The van der Waals surface area contributed by atoms with Gasteiger partial charge in [0.2, 0.25) is 5.91 Å². The molecule has 2 aliphatic heterocycles. The summed E-state index contributed by atoms with van der Waals surface area (Å²) in [6.45, 7) is 12.2. The van der Waals surface area contributed by atoms with Gasteiger partial charge >= 0.3 is 0 Å². The van der Waals surface area contributed by atoms with Crippen molar-refractivity contribution in [3.63, 3.8) is 0 Å². The van der Waals surface area contributed by atoms with Gasteiger partial charge in [-0.05, 0) is 92.1 Å². The number of allylic oxidation sites excluding steroid dienone is 3. The Hall–Kier alpha value is -3.35. The Balaban J connectivity index is 0.888. The van der Waals surface area contributed by atoms with E-state index in [0.717, 1.165) is 50.8 Å². The number of hydrogen-bond acceptors (Lipinski definition) is 5. The number of carbonyl (C=O) groups excluding carboxylic acids is 3. The summed E-state index contributed by atoms with van der Waals surface area (Å²) in [6.07, 6.45) is 12.0. The standard InChI is InChI=1S/C45H56N2O4/c1-28-24-40-42(47(27-28)23-22-46-41(49)17-12-31-10-13-33(14-11-31)43(50)32-8-6-5-7-9-32)30(3)45(51-40)21-19-36-37-16-15-34-25-35(48)18-20-44(34,4)39(37)26-38(36)29(45)2/h5-11,13-15,28,30,36-37,39-40,42H,12,16-27H2,1-4H3,(H,46,49)/t28-,30+,36-,37-,39-,40+,42-,44-,45-/m0/s1. The van der Waals surface area contributed by atoms with E-state index in [0.29, 0.717) is 78.3 Å². The summed E-state index contributed by atoms with van der Waals surface area (Å²) in [5.74, 6) is 3.48. The van der Waals surface area contributed by atoms with E-state index in [1.165, 1.54) is 24.0 Å². The number of amides is 1. The number of ketones is 2. The monoisotopic (exact) mass is 688 g/mol. The Morgan fingerprint density at radius 2 is 1.78 bits per heavy atom. The minimum absolute atomic E-state index is 0.0159. The van der Waals surface area contributed by atoms with Gasteiger partial charge in [0, 0.05) is 62.0 Å². The zero-order valence-corrected chi connectivity index (χ0v) is 31.1. The molecular weight excluding hydrogens is 633 g/mol. The molecule has 1 N–H and O–H groups in total. The lowest BCUT2D eigenvalue weighted by molar-refractivity contribution is -0.122. The first kappa shape index (κ1) is 34.7. The molecule has 4 fully saturated rings. The van der Waals surface area contributed by atoms with Crippen LogP contribution in [0.2, 0.25) is 0 Å². The molecule has 2 heterocycles. The summed E-state index contributed by atoms with van der Waals surface area (Å²) in [5, 5.41) is 3.22. The minimum Gasteiger partial charge on any atom is -0.365 e. The zero-order chi connectivity index (χ0) is 35.5. The van der Waals surface area contributed by atoms with Gasteiger partial charge in [0.05, 0.1) is 11.7 Å². The molecule has 270 valence electrons. The number of benzene rings is 2. The summed E-state index contributed by atoms with van der Waals surface area (Å²) >= 11 is 0. The molecule has 6 aliphatic rings. The van der Waals surface area contributed by atoms with Crippen LogP contribution in [0.4, 0.5) is 0 Å². The second kappa shape index (κ2) is 13.6. The summed E-state index contributed by atoms with van der Waals surface area (Å²) in [4.78, 5) is 40.7. The molecule has 6 heteroatoms. The van der Waals surface area contributed by atoms with Gasteiger partial charge in [-0.25, -0.2) is 0 Å². The Bertz CT molecular complexity index is 1740. The fraction of sp³-hybridized carbons (Fsp3) is 0.578. The highest BCUT2D eigenvalue weighted by Crippen LogP contribution is 2.65. The van der Waals surface area contributed by atoms with E-state index in [-0.39, 0.29) is 28.8 Å². The highest BCUT2D eigenvalue weighted by molar-refractivity contribution is 6.08. The number of rotatable bonds is 8. The van der Waals surface area contributed by atoms with Crippen LogP contribution >= 0.6 is 0 Å². The maximum Gasteiger partial charge on any atom is 0.220 e. The molecule has 2 aromatic carbocycles. The molecule has 0 bridgehead atoms. The molecule has 0 aromatic heterocycles. The van der Waals surface area contributed by atoms with Crippen LogP contribution < -0.4 is 5.32 Å². The number of Topliss-reactive ketones (excluding diaryl/α,β-unsaturated/α-hetero) is 1. The van der Waals surface area contributed by atoms with Crippen molar-refractivity contribution in [2.75, 3.05) is 19.6 Å². The number of fused-ring (bicyclic) bond motifs is 6. The van der Waals surface area contributed by atoms with E-state index in [4.69, 9.17) is 4.74 Å². The van der Waals surface area contributed by atoms with E-state index < -0.39 is 0 Å². The molecular formula is C45H56N2O4. The third-order valence-electron chi connectivity index (χ3n) is 14.6. The topological polar surface area (TPSA) is 75.7 Å². The largest absolute Gasteiger partial charge is 0.365 e. The van der Waals surface area contributed by atoms with Crippen molar-refractivity contribution in [2.24, 2.45) is 35.0 Å². The average molecular weight is 689 g/mol. The lowest BCUT2D eigenvalue weighted by atomic mass is 9.57. The summed E-state index contributed by atoms with van der Waals surface area (Å²) in [6, 6.07) is 17.4. The van der Waals surface area contributed by atoms with Crippen LogP contribution in [-0.2, 0) is 20.7 Å². The van der Waals surface area contributed by atoms with Crippen molar-refractivity contribution >= 4 is 17.5 Å². The third kappa shape index (κ3) is 6.08. The van der Waals surface area contributed by atoms with Crippen molar-refractivity contribution in [3.05, 3.63) is 94.1 Å². The van der Waals surface area contributed by atoms with Gasteiger partial charge < -0.3 is 10.1 Å². The van der Waals surface area contributed by atoms with Gasteiger partial charge in [0.1, 0.15) is 5.78 Å². The van der Waals surface area contributed by atoms with E-state index in [9.17, 15) is 14.4 Å². The molecule has 0 radical (unpaired) electrons. The molecule has 9 atom stereocenters. The van der Waals surface area contributed by atoms with Crippen LogP contribution in [0, 0.1) is 35.0 Å². The number of hydrogen-bond donors (Lipinski definition) is 1. The second-order valence-electron chi connectivity index (χ2n) is 17.3. The van der Waals surface area contributed by atoms with Crippen LogP contribution in [0.25, 0.3) is 0 Å². The maximum atomic E-state index is 13.0. The van der Waals surface area contributed by atoms with Crippen molar-refractivity contribution in [3.8, 4) is 0 Å². The normalized spacial score (nSPS) is 35.9. The number of carbonyl (C=O) groups is 3. The van der Waals surface area contributed by atoms with Crippen molar-refractivity contribution in [2.45, 2.75) is 110 Å². The van der Waals surface area contributed by atoms with Gasteiger partial charge in [-0.3, -0.25) is 19.3 Å². The van der Waals surface area contributed by atoms with Gasteiger partial charge in [0.15, 0.2) is 5.78 Å². The van der Waals surface area contributed by atoms with Crippen molar-refractivity contribution in [1.82, 2.24) is 10.2 Å². The van der Waals surface area contributed by atoms with Gasteiger partial charge in [-0.15, -0.1) is 0 Å². The van der Waals surface area contributed by atoms with Crippen molar-refractivity contribution in [1.29, 1.82) is 0 Å². The first-order chi connectivity index (χ1) is 24.6. The predicted molar refractivity (Wildman–Crippen MR) is 200 cm³/mol. The SMILES string of the molecule is CC1=C2C[C@H]3[C@@H](CC=C4CC(=O)CC[C@@]43C)[C@@H]2CC[C@]12O[C@@H]1C[C@H](C)CN(CCNC(=O)CCc3ccc(C(=O)c4ccccc4)cc3)[C@H]1[C@H]2C. The van der Waals surface area contributed by atoms with E-state index >= 15 is 0 Å². The lowest BCUT2D eigenvalue weighted by Crippen LogP contribution is -2.54. The number of piperidine rings is 1. The number of aryl methyl sites for hydroxylation is 1. The molecule has 2 saturated heterocycles. The van der Waals surface area contributed by atoms with Crippen LogP contribution in [0.5, 0.6) is 0 Å². The molecule has 1 spiro atoms. The molecule has 4 aliphatic carbocycles.